The molecule has 0 aliphatic rings. The van der Waals surface area contributed by atoms with Gasteiger partial charge in [-0.25, -0.2) is 0 Å². The van der Waals surface area contributed by atoms with Crippen LogP contribution in [0.2, 0.25) is 10.0 Å². The van der Waals surface area contributed by atoms with Gasteiger partial charge in [0, 0.05) is 12.0 Å². The van der Waals surface area contributed by atoms with Crippen LogP contribution in [0.4, 0.5) is 0 Å². The highest BCUT2D eigenvalue weighted by Crippen LogP contribution is 2.23. The first-order valence-electron chi connectivity index (χ1n) is 4.13. The zero-order valence-corrected chi connectivity index (χ0v) is 9.32. The van der Waals surface area contributed by atoms with E-state index in [1.807, 2.05) is 6.92 Å². The SMILES string of the molecule is C=C(C)CC(=O)c1ccc(Cl)c(Cl)c1. The van der Waals surface area contributed by atoms with Crippen molar-refractivity contribution >= 4 is 29.0 Å². The van der Waals surface area contributed by atoms with Gasteiger partial charge in [-0.1, -0.05) is 35.4 Å². The number of allylic oxidation sites excluding steroid dienone is 1. The number of ketones is 1. The molecule has 0 radical (unpaired) electrons. The van der Waals surface area contributed by atoms with E-state index in [2.05, 4.69) is 6.58 Å². The summed E-state index contributed by atoms with van der Waals surface area (Å²) in [5.41, 5.74) is 1.41. The summed E-state index contributed by atoms with van der Waals surface area (Å²) in [4.78, 5) is 11.6. The summed E-state index contributed by atoms with van der Waals surface area (Å²) >= 11 is 11.5. The topological polar surface area (TPSA) is 17.1 Å². The van der Waals surface area contributed by atoms with E-state index in [1.165, 1.54) is 0 Å². The third kappa shape index (κ3) is 2.86. The van der Waals surface area contributed by atoms with Crippen molar-refractivity contribution in [2.24, 2.45) is 0 Å². The molecule has 0 amide bonds. The van der Waals surface area contributed by atoms with Crippen molar-refractivity contribution in [3.05, 3.63) is 46.0 Å². The minimum atomic E-state index is 0.0102. The highest BCUT2D eigenvalue weighted by atomic mass is 35.5. The van der Waals surface area contributed by atoms with Crippen molar-refractivity contribution in [1.29, 1.82) is 0 Å². The molecular weight excluding hydrogens is 219 g/mol. The molecule has 0 unspecified atom stereocenters. The summed E-state index contributed by atoms with van der Waals surface area (Å²) in [6, 6.07) is 4.87. The number of carbonyl (C=O) groups excluding carboxylic acids is 1. The summed E-state index contributed by atoms with van der Waals surface area (Å²) in [5, 5.41) is 0.859. The van der Waals surface area contributed by atoms with Gasteiger partial charge in [-0.15, -0.1) is 0 Å². The molecule has 0 fully saturated rings. The summed E-state index contributed by atoms with van der Waals surface area (Å²) in [6.45, 7) is 5.50. The second-order valence-electron chi connectivity index (χ2n) is 3.19. The predicted molar refractivity (Wildman–Crippen MR) is 60.2 cm³/mol. The van der Waals surface area contributed by atoms with Crippen LogP contribution >= 0.6 is 23.2 Å². The summed E-state index contributed by atoms with van der Waals surface area (Å²) in [7, 11) is 0. The first kappa shape index (κ1) is 11.3. The number of hydrogen-bond acceptors (Lipinski definition) is 1. The highest BCUT2D eigenvalue weighted by Gasteiger charge is 2.07. The molecule has 0 heterocycles. The Labute approximate surface area is 93.3 Å². The first-order valence-corrected chi connectivity index (χ1v) is 4.89. The molecule has 1 nitrogen and oxygen atoms in total. The fraction of sp³-hybridized carbons (Fsp3) is 0.182. The maximum absolute atomic E-state index is 11.6. The Balaban J connectivity index is 2.91. The van der Waals surface area contributed by atoms with Gasteiger partial charge >= 0.3 is 0 Å². The van der Waals surface area contributed by atoms with E-state index < -0.39 is 0 Å². The molecule has 3 heteroatoms. The molecule has 1 aromatic carbocycles. The van der Waals surface area contributed by atoms with E-state index in [4.69, 9.17) is 23.2 Å². The fourth-order valence-electron chi connectivity index (χ4n) is 1.05. The molecule has 0 spiro atoms. The Morgan fingerprint density at radius 3 is 2.50 bits per heavy atom. The highest BCUT2D eigenvalue weighted by molar-refractivity contribution is 6.42. The van der Waals surface area contributed by atoms with Gasteiger partial charge in [0.15, 0.2) is 5.78 Å². The van der Waals surface area contributed by atoms with Crippen LogP contribution in [0.25, 0.3) is 0 Å². The lowest BCUT2D eigenvalue weighted by Crippen LogP contribution is -1.98. The van der Waals surface area contributed by atoms with Gasteiger partial charge in [-0.05, 0) is 25.1 Å². The van der Waals surface area contributed by atoms with Crippen molar-refractivity contribution in [2.45, 2.75) is 13.3 Å². The van der Waals surface area contributed by atoms with E-state index in [0.29, 0.717) is 22.0 Å². The zero-order valence-electron chi connectivity index (χ0n) is 7.81. The van der Waals surface area contributed by atoms with Crippen molar-refractivity contribution in [1.82, 2.24) is 0 Å². The van der Waals surface area contributed by atoms with Gasteiger partial charge in [0.1, 0.15) is 0 Å². The Morgan fingerprint density at radius 1 is 1.36 bits per heavy atom. The van der Waals surface area contributed by atoms with E-state index >= 15 is 0 Å². The van der Waals surface area contributed by atoms with Gasteiger partial charge in [0.25, 0.3) is 0 Å². The third-order valence-corrected chi connectivity index (χ3v) is 2.44. The van der Waals surface area contributed by atoms with Crippen molar-refractivity contribution in [3.8, 4) is 0 Å². The number of benzene rings is 1. The Hall–Kier alpha value is -0.790. The van der Waals surface area contributed by atoms with E-state index in [0.717, 1.165) is 5.57 Å². The van der Waals surface area contributed by atoms with Gasteiger partial charge in [0.2, 0.25) is 0 Å². The molecule has 0 aromatic heterocycles. The molecule has 0 N–H and O–H groups in total. The summed E-state index contributed by atoms with van der Waals surface area (Å²) < 4.78 is 0. The fourth-order valence-corrected chi connectivity index (χ4v) is 1.34. The molecule has 0 saturated carbocycles. The van der Waals surface area contributed by atoms with Crippen LogP contribution in [-0.4, -0.2) is 5.78 Å². The largest absolute Gasteiger partial charge is 0.294 e. The third-order valence-electron chi connectivity index (χ3n) is 1.70. The predicted octanol–water partition coefficient (Wildman–Crippen LogP) is 4.14. The molecule has 0 aliphatic heterocycles. The van der Waals surface area contributed by atoms with Crippen LogP contribution in [0.1, 0.15) is 23.7 Å². The van der Waals surface area contributed by atoms with E-state index in [-0.39, 0.29) is 5.78 Å². The number of rotatable bonds is 3. The van der Waals surface area contributed by atoms with Crippen molar-refractivity contribution < 1.29 is 4.79 Å². The second-order valence-corrected chi connectivity index (χ2v) is 4.00. The zero-order chi connectivity index (χ0) is 10.7. The summed E-state index contributed by atoms with van der Waals surface area (Å²) in [5.74, 6) is 0.0102. The van der Waals surface area contributed by atoms with Gasteiger partial charge in [-0.3, -0.25) is 4.79 Å². The molecule has 0 bridgehead atoms. The maximum Gasteiger partial charge on any atom is 0.166 e. The summed E-state index contributed by atoms with van der Waals surface area (Å²) in [6.07, 6.45) is 0.345. The first-order chi connectivity index (χ1) is 6.50. The van der Waals surface area contributed by atoms with Crippen LogP contribution in [0, 0.1) is 0 Å². The van der Waals surface area contributed by atoms with Crippen LogP contribution in [0.3, 0.4) is 0 Å². The number of carbonyl (C=O) groups is 1. The second kappa shape index (κ2) is 4.63. The quantitative estimate of drug-likeness (QED) is 0.562. The molecule has 74 valence electrons. The minimum Gasteiger partial charge on any atom is -0.294 e. The number of halogens is 2. The lowest BCUT2D eigenvalue weighted by atomic mass is 10.1. The van der Waals surface area contributed by atoms with Crippen molar-refractivity contribution in [3.63, 3.8) is 0 Å². The molecular formula is C11H10Cl2O. The molecule has 14 heavy (non-hydrogen) atoms. The molecule has 0 saturated heterocycles. The average molecular weight is 229 g/mol. The number of Topliss-reactive ketones (excluding diaryl/α,β-unsaturated/α-hetero) is 1. The smallest absolute Gasteiger partial charge is 0.166 e. The Kier molecular flexibility index (Phi) is 3.73. The average Bonchev–Trinajstić information content (AvgIpc) is 2.08. The van der Waals surface area contributed by atoms with Gasteiger partial charge in [0.05, 0.1) is 10.0 Å². The monoisotopic (exact) mass is 228 g/mol. The van der Waals surface area contributed by atoms with Crippen LogP contribution in [0.5, 0.6) is 0 Å². The molecule has 1 rings (SSSR count). The minimum absolute atomic E-state index is 0.0102. The van der Waals surface area contributed by atoms with Crippen LogP contribution < -0.4 is 0 Å². The van der Waals surface area contributed by atoms with Crippen LogP contribution in [0.15, 0.2) is 30.4 Å². The van der Waals surface area contributed by atoms with E-state index in [9.17, 15) is 4.79 Å². The van der Waals surface area contributed by atoms with Gasteiger partial charge in [-0.2, -0.15) is 0 Å². The van der Waals surface area contributed by atoms with Crippen LogP contribution in [-0.2, 0) is 0 Å². The Bertz CT molecular complexity index is 383. The maximum atomic E-state index is 11.6. The lowest BCUT2D eigenvalue weighted by Gasteiger charge is -2.02. The normalized spacial score (nSPS) is 9.93. The number of hydrogen-bond donors (Lipinski definition) is 0. The van der Waals surface area contributed by atoms with Crippen molar-refractivity contribution in [2.75, 3.05) is 0 Å². The lowest BCUT2D eigenvalue weighted by molar-refractivity contribution is 0.0993. The van der Waals surface area contributed by atoms with E-state index in [1.54, 1.807) is 18.2 Å². The Morgan fingerprint density at radius 2 is 2.00 bits per heavy atom. The molecule has 0 aliphatic carbocycles. The molecule has 0 atom stereocenters. The van der Waals surface area contributed by atoms with Gasteiger partial charge < -0.3 is 0 Å². The molecule has 1 aromatic rings. The standard InChI is InChI=1S/C11H10Cl2O/c1-7(2)5-11(14)8-3-4-9(12)10(13)6-8/h3-4,6H,1,5H2,2H3.